The van der Waals surface area contributed by atoms with Crippen molar-refractivity contribution in [3.63, 3.8) is 0 Å². The van der Waals surface area contributed by atoms with Crippen LogP contribution >= 0.6 is 0 Å². The lowest BCUT2D eigenvalue weighted by molar-refractivity contribution is -0.167. The molecule has 0 spiro atoms. The molecule has 1 heterocycles. The van der Waals surface area contributed by atoms with Gasteiger partial charge in [0.1, 0.15) is 5.60 Å². The average Bonchev–Trinajstić information content (AvgIpc) is 2.71. The minimum atomic E-state index is -1.98. The van der Waals surface area contributed by atoms with Crippen LogP contribution < -0.4 is 0 Å². The van der Waals surface area contributed by atoms with Crippen molar-refractivity contribution in [3.05, 3.63) is 0 Å². The lowest BCUT2D eigenvalue weighted by Crippen LogP contribution is -2.59. The van der Waals surface area contributed by atoms with Crippen LogP contribution in [0, 0.1) is 0 Å². The molecule has 1 saturated heterocycles. The summed E-state index contributed by atoms with van der Waals surface area (Å²) in [6.07, 6.45) is -0.396. The Balaban J connectivity index is 3.08. The summed E-state index contributed by atoms with van der Waals surface area (Å²) in [5.41, 5.74) is -2.74. The predicted molar refractivity (Wildman–Crippen MR) is 64.6 cm³/mol. The number of hydrogen-bond donors (Lipinski definition) is 1. The smallest absolute Gasteiger partial charge is 0.411 e. The summed E-state index contributed by atoms with van der Waals surface area (Å²) >= 11 is 0. The van der Waals surface area contributed by atoms with Crippen LogP contribution in [0.15, 0.2) is 0 Å². The van der Waals surface area contributed by atoms with Crippen LogP contribution in [-0.2, 0) is 19.1 Å². The van der Waals surface area contributed by atoms with E-state index in [4.69, 9.17) is 4.74 Å². The first-order valence-corrected chi connectivity index (χ1v) is 5.97. The van der Waals surface area contributed by atoms with Crippen molar-refractivity contribution in [2.24, 2.45) is 0 Å². The largest absolute Gasteiger partial charge is 0.479 e. The van der Waals surface area contributed by atoms with E-state index in [-0.39, 0.29) is 13.0 Å². The second-order valence-electron chi connectivity index (χ2n) is 5.39. The van der Waals surface area contributed by atoms with Gasteiger partial charge in [0.15, 0.2) is 0 Å². The van der Waals surface area contributed by atoms with E-state index in [1.807, 2.05) is 0 Å². The number of carbonyl (C=O) groups excluding carboxylic acids is 2. The topological polar surface area (TPSA) is 93.1 Å². The number of esters is 1. The van der Waals surface area contributed by atoms with Crippen molar-refractivity contribution in [1.82, 2.24) is 4.90 Å². The van der Waals surface area contributed by atoms with Gasteiger partial charge < -0.3 is 14.6 Å². The molecule has 1 N–H and O–H groups in total. The number of ether oxygens (including phenoxy) is 2. The zero-order valence-electron chi connectivity index (χ0n) is 11.6. The highest BCUT2D eigenvalue weighted by Crippen LogP contribution is 2.32. The SMILES string of the molecule is COC(=O)C1(C(=O)O)CCCN1C(=O)OC(C)(C)C. The summed E-state index contributed by atoms with van der Waals surface area (Å²) in [6.45, 7) is 5.15. The van der Waals surface area contributed by atoms with Crippen molar-refractivity contribution in [2.75, 3.05) is 13.7 Å². The van der Waals surface area contributed by atoms with Crippen molar-refractivity contribution < 1.29 is 29.0 Å². The molecule has 1 fully saturated rings. The third-order valence-corrected chi connectivity index (χ3v) is 2.87. The first-order valence-electron chi connectivity index (χ1n) is 5.97. The Hall–Kier alpha value is -1.79. The molecule has 0 radical (unpaired) electrons. The van der Waals surface area contributed by atoms with Gasteiger partial charge in [-0.2, -0.15) is 0 Å². The number of carbonyl (C=O) groups is 3. The highest BCUT2D eigenvalue weighted by Gasteiger charge is 2.58. The van der Waals surface area contributed by atoms with Crippen LogP contribution in [0.4, 0.5) is 4.79 Å². The van der Waals surface area contributed by atoms with Crippen molar-refractivity contribution in [2.45, 2.75) is 44.8 Å². The van der Waals surface area contributed by atoms with Gasteiger partial charge in [-0.05, 0) is 33.6 Å². The molecule has 1 unspecified atom stereocenters. The summed E-state index contributed by atoms with van der Waals surface area (Å²) < 4.78 is 9.68. The molecule has 108 valence electrons. The molecule has 19 heavy (non-hydrogen) atoms. The lowest BCUT2D eigenvalue weighted by Gasteiger charge is -2.33. The highest BCUT2D eigenvalue weighted by molar-refractivity contribution is 6.06. The molecule has 0 aliphatic carbocycles. The number of carboxylic acids is 1. The molecule has 0 aromatic rings. The Morgan fingerprint density at radius 3 is 2.26 bits per heavy atom. The molecule has 0 bridgehead atoms. The zero-order valence-corrected chi connectivity index (χ0v) is 11.6. The fourth-order valence-corrected chi connectivity index (χ4v) is 2.07. The number of amides is 1. The van der Waals surface area contributed by atoms with Gasteiger partial charge in [-0.1, -0.05) is 0 Å². The maximum Gasteiger partial charge on any atom is 0.411 e. The Morgan fingerprint density at radius 2 is 1.84 bits per heavy atom. The van der Waals surface area contributed by atoms with Gasteiger partial charge >= 0.3 is 18.0 Å². The maximum atomic E-state index is 12.0. The number of aliphatic carboxylic acids is 1. The first-order chi connectivity index (χ1) is 8.65. The standard InChI is InChI=1S/C12H19NO6/c1-11(2,3)19-10(17)13-7-5-6-12(13,8(14)15)9(16)18-4/h5-7H2,1-4H3,(H,14,15). The molecule has 7 nitrogen and oxygen atoms in total. The number of likely N-dealkylation sites (tertiary alicyclic amines) is 1. The minimum Gasteiger partial charge on any atom is -0.479 e. The summed E-state index contributed by atoms with van der Waals surface area (Å²) in [6, 6.07) is 0. The number of carboxylic acid groups (broad SMARTS) is 1. The fraction of sp³-hybridized carbons (Fsp3) is 0.750. The Bertz CT molecular complexity index is 400. The van der Waals surface area contributed by atoms with E-state index in [1.165, 1.54) is 0 Å². The average molecular weight is 273 g/mol. The molecule has 1 aliphatic rings. The summed E-state index contributed by atoms with van der Waals surface area (Å²) in [4.78, 5) is 36.2. The number of hydrogen-bond acceptors (Lipinski definition) is 5. The van der Waals surface area contributed by atoms with Crippen molar-refractivity contribution in [1.29, 1.82) is 0 Å². The molecular weight excluding hydrogens is 254 g/mol. The van der Waals surface area contributed by atoms with Gasteiger partial charge in [0, 0.05) is 6.54 Å². The van der Waals surface area contributed by atoms with Gasteiger partial charge in [-0.3, -0.25) is 4.90 Å². The second kappa shape index (κ2) is 5.07. The fourth-order valence-electron chi connectivity index (χ4n) is 2.07. The molecule has 0 saturated carbocycles. The summed E-state index contributed by atoms with van der Waals surface area (Å²) in [7, 11) is 1.10. The molecule has 1 atom stereocenters. The van der Waals surface area contributed by atoms with Crippen molar-refractivity contribution in [3.8, 4) is 0 Å². The second-order valence-corrected chi connectivity index (χ2v) is 5.39. The van der Waals surface area contributed by atoms with Crippen LogP contribution in [0.5, 0.6) is 0 Å². The van der Waals surface area contributed by atoms with Gasteiger partial charge in [-0.25, -0.2) is 14.4 Å². The maximum absolute atomic E-state index is 12.0. The third kappa shape index (κ3) is 2.80. The van der Waals surface area contributed by atoms with Crippen LogP contribution in [0.25, 0.3) is 0 Å². The number of nitrogens with zero attached hydrogens (tertiary/aromatic N) is 1. The van der Waals surface area contributed by atoms with E-state index in [1.54, 1.807) is 20.8 Å². The summed E-state index contributed by atoms with van der Waals surface area (Å²) in [5.74, 6) is -2.36. The first kappa shape index (κ1) is 15.3. The van der Waals surface area contributed by atoms with E-state index in [2.05, 4.69) is 4.74 Å². The van der Waals surface area contributed by atoms with E-state index >= 15 is 0 Å². The van der Waals surface area contributed by atoms with Crippen LogP contribution in [0.1, 0.15) is 33.6 Å². The van der Waals surface area contributed by atoms with Gasteiger partial charge in [0.2, 0.25) is 5.54 Å². The van der Waals surface area contributed by atoms with Gasteiger partial charge in [0.25, 0.3) is 0 Å². The molecular formula is C12H19NO6. The summed E-state index contributed by atoms with van der Waals surface area (Å²) in [5, 5.41) is 9.33. The van der Waals surface area contributed by atoms with Crippen LogP contribution in [0.3, 0.4) is 0 Å². The monoisotopic (exact) mass is 273 g/mol. The highest BCUT2D eigenvalue weighted by atomic mass is 16.6. The molecule has 1 aliphatic heterocycles. The normalized spacial score (nSPS) is 23.1. The molecule has 0 aromatic heterocycles. The molecule has 7 heteroatoms. The van der Waals surface area contributed by atoms with E-state index in [0.29, 0.717) is 6.42 Å². The third-order valence-electron chi connectivity index (χ3n) is 2.87. The molecule has 1 amide bonds. The van der Waals surface area contributed by atoms with E-state index < -0.39 is 29.2 Å². The molecule has 0 aromatic carbocycles. The van der Waals surface area contributed by atoms with Crippen molar-refractivity contribution >= 4 is 18.0 Å². The van der Waals surface area contributed by atoms with Crippen LogP contribution in [0.2, 0.25) is 0 Å². The number of methoxy groups -OCH3 is 1. The lowest BCUT2D eigenvalue weighted by atomic mass is 9.97. The number of rotatable bonds is 2. The Labute approximate surface area is 111 Å². The van der Waals surface area contributed by atoms with E-state index in [9.17, 15) is 19.5 Å². The van der Waals surface area contributed by atoms with Crippen LogP contribution in [-0.4, -0.2) is 52.8 Å². The zero-order chi connectivity index (χ0) is 14.8. The Kier molecular flexibility index (Phi) is 4.07. The Morgan fingerprint density at radius 1 is 1.26 bits per heavy atom. The van der Waals surface area contributed by atoms with E-state index in [0.717, 1.165) is 12.0 Å². The molecule has 1 rings (SSSR count). The predicted octanol–water partition coefficient (Wildman–Crippen LogP) is 1.01. The quantitative estimate of drug-likeness (QED) is 0.596. The van der Waals surface area contributed by atoms with Gasteiger partial charge in [-0.15, -0.1) is 0 Å². The minimum absolute atomic E-state index is 0.0221. The van der Waals surface area contributed by atoms with Gasteiger partial charge in [0.05, 0.1) is 7.11 Å².